The van der Waals surface area contributed by atoms with Gasteiger partial charge in [-0.15, -0.1) is 0 Å². The van der Waals surface area contributed by atoms with Gasteiger partial charge in [0, 0.05) is 7.05 Å². The average molecular weight is 420 g/mol. The lowest BCUT2D eigenvalue weighted by molar-refractivity contribution is -0.139. The Labute approximate surface area is 183 Å². The topological polar surface area (TPSA) is 69.7 Å². The van der Waals surface area contributed by atoms with Crippen LogP contribution in [0.1, 0.15) is 49.8 Å². The minimum absolute atomic E-state index is 0.255. The standard InChI is InChI=1S/C25H29N3O3/c1-18-13-15-25(16-14-18)23(30)28(24(31)26-25)17-21(29)27(2)22(19-9-5-3-6-10-19)20-11-7-4-8-12-20/h3-12,18,22H,13-17H2,1-2H3,(H,26,31). The van der Waals surface area contributed by atoms with E-state index in [1.807, 2.05) is 60.7 Å². The summed E-state index contributed by atoms with van der Waals surface area (Å²) in [6, 6.07) is 18.8. The molecule has 1 aliphatic carbocycles. The Balaban J connectivity index is 1.54. The number of carbonyl (C=O) groups is 3. The highest BCUT2D eigenvalue weighted by molar-refractivity contribution is 6.09. The van der Waals surface area contributed by atoms with Gasteiger partial charge in [0.15, 0.2) is 0 Å². The summed E-state index contributed by atoms with van der Waals surface area (Å²) in [7, 11) is 1.73. The average Bonchev–Trinajstić information content (AvgIpc) is 3.01. The Hall–Kier alpha value is -3.15. The zero-order chi connectivity index (χ0) is 22.0. The normalized spacial score (nSPS) is 23.3. The molecule has 0 unspecified atom stereocenters. The van der Waals surface area contributed by atoms with E-state index in [0.29, 0.717) is 18.8 Å². The highest BCUT2D eigenvalue weighted by Gasteiger charge is 2.52. The molecular weight excluding hydrogens is 390 g/mol. The molecule has 0 radical (unpaired) electrons. The predicted octanol–water partition coefficient (Wildman–Crippen LogP) is 3.74. The maximum atomic E-state index is 13.3. The smallest absolute Gasteiger partial charge is 0.325 e. The molecular formula is C25H29N3O3. The van der Waals surface area contributed by atoms with Crippen LogP contribution in [-0.4, -0.2) is 46.8 Å². The van der Waals surface area contributed by atoms with Crippen molar-refractivity contribution in [3.63, 3.8) is 0 Å². The minimum atomic E-state index is -0.833. The third kappa shape index (κ3) is 4.07. The molecule has 1 saturated carbocycles. The number of hydrogen-bond donors (Lipinski definition) is 1. The number of amides is 4. The molecule has 0 aromatic heterocycles. The van der Waals surface area contributed by atoms with Crippen LogP contribution in [0.3, 0.4) is 0 Å². The zero-order valence-electron chi connectivity index (χ0n) is 18.1. The first kappa shape index (κ1) is 21.1. The van der Waals surface area contributed by atoms with Gasteiger partial charge in [-0.3, -0.25) is 14.5 Å². The van der Waals surface area contributed by atoms with Gasteiger partial charge in [-0.1, -0.05) is 67.6 Å². The lowest BCUT2D eigenvalue weighted by Crippen LogP contribution is -2.50. The number of likely N-dealkylation sites (N-methyl/N-ethyl adjacent to an activating group) is 1. The van der Waals surface area contributed by atoms with Crippen molar-refractivity contribution in [1.82, 2.24) is 15.1 Å². The molecule has 1 heterocycles. The first-order chi connectivity index (χ1) is 14.9. The molecule has 2 fully saturated rings. The van der Waals surface area contributed by atoms with Crippen LogP contribution in [0.15, 0.2) is 60.7 Å². The second-order valence-electron chi connectivity index (χ2n) is 8.81. The maximum absolute atomic E-state index is 13.3. The fourth-order valence-corrected chi connectivity index (χ4v) is 4.71. The van der Waals surface area contributed by atoms with Crippen molar-refractivity contribution in [1.29, 1.82) is 0 Å². The van der Waals surface area contributed by atoms with Crippen LogP contribution >= 0.6 is 0 Å². The molecule has 1 N–H and O–H groups in total. The van der Waals surface area contributed by atoms with E-state index in [-0.39, 0.29) is 24.4 Å². The molecule has 2 aliphatic rings. The Bertz CT molecular complexity index is 913. The Morgan fingerprint density at radius 1 is 1.03 bits per heavy atom. The number of imide groups is 1. The largest absolute Gasteiger partial charge is 0.333 e. The van der Waals surface area contributed by atoms with E-state index in [1.165, 1.54) is 0 Å². The summed E-state index contributed by atoms with van der Waals surface area (Å²) in [5.74, 6) is 0.0131. The first-order valence-electron chi connectivity index (χ1n) is 10.9. The number of urea groups is 1. The number of nitrogens with zero attached hydrogens (tertiary/aromatic N) is 2. The predicted molar refractivity (Wildman–Crippen MR) is 118 cm³/mol. The van der Waals surface area contributed by atoms with Crippen molar-refractivity contribution < 1.29 is 14.4 Å². The summed E-state index contributed by atoms with van der Waals surface area (Å²) >= 11 is 0. The molecule has 2 aromatic rings. The van der Waals surface area contributed by atoms with Crippen LogP contribution in [0.5, 0.6) is 0 Å². The number of nitrogens with one attached hydrogen (secondary N) is 1. The van der Waals surface area contributed by atoms with E-state index in [0.717, 1.165) is 28.9 Å². The molecule has 4 rings (SSSR count). The van der Waals surface area contributed by atoms with E-state index in [9.17, 15) is 14.4 Å². The van der Waals surface area contributed by atoms with Crippen molar-refractivity contribution >= 4 is 17.8 Å². The molecule has 1 spiro atoms. The first-order valence-corrected chi connectivity index (χ1v) is 10.9. The van der Waals surface area contributed by atoms with Gasteiger partial charge in [0.1, 0.15) is 12.1 Å². The van der Waals surface area contributed by atoms with Crippen molar-refractivity contribution in [3.8, 4) is 0 Å². The molecule has 31 heavy (non-hydrogen) atoms. The second kappa shape index (κ2) is 8.53. The van der Waals surface area contributed by atoms with Gasteiger partial charge in [-0.05, 0) is 42.7 Å². The Morgan fingerprint density at radius 3 is 2.06 bits per heavy atom. The van der Waals surface area contributed by atoms with E-state index in [2.05, 4.69) is 12.2 Å². The summed E-state index contributed by atoms with van der Waals surface area (Å²) in [6.07, 6.45) is 3.07. The highest BCUT2D eigenvalue weighted by atomic mass is 16.2. The monoisotopic (exact) mass is 419 g/mol. The molecule has 4 amide bonds. The van der Waals surface area contributed by atoms with Crippen LogP contribution in [0.4, 0.5) is 4.79 Å². The maximum Gasteiger partial charge on any atom is 0.325 e. The van der Waals surface area contributed by atoms with Crippen LogP contribution in [0.2, 0.25) is 0 Å². The van der Waals surface area contributed by atoms with E-state index in [4.69, 9.17) is 0 Å². The SMILES string of the molecule is CC1CCC2(CC1)NC(=O)N(CC(=O)N(C)C(c1ccccc1)c1ccccc1)C2=O. The van der Waals surface area contributed by atoms with Crippen LogP contribution in [0.25, 0.3) is 0 Å². The number of carbonyl (C=O) groups excluding carboxylic acids is 3. The van der Waals surface area contributed by atoms with E-state index < -0.39 is 11.6 Å². The quantitative estimate of drug-likeness (QED) is 0.751. The summed E-state index contributed by atoms with van der Waals surface area (Å²) in [5.41, 5.74) is 1.11. The van der Waals surface area contributed by atoms with Gasteiger partial charge in [-0.2, -0.15) is 0 Å². The minimum Gasteiger partial charge on any atom is -0.333 e. The van der Waals surface area contributed by atoms with Gasteiger partial charge in [-0.25, -0.2) is 4.79 Å². The lowest BCUT2D eigenvalue weighted by atomic mass is 9.77. The van der Waals surface area contributed by atoms with Gasteiger partial charge in [0.05, 0.1) is 6.04 Å². The Morgan fingerprint density at radius 2 is 1.55 bits per heavy atom. The van der Waals surface area contributed by atoms with Crippen molar-refractivity contribution in [2.24, 2.45) is 5.92 Å². The van der Waals surface area contributed by atoms with Crippen molar-refractivity contribution in [2.75, 3.05) is 13.6 Å². The van der Waals surface area contributed by atoms with Gasteiger partial charge in [0.2, 0.25) is 5.91 Å². The van der Waals surface area contributed by atoms with Gasteiger partial charge in [0.25, 0.3) is 5.91 Å². The summed E-state index contributed by atoms with van der Waals surface area (Å²) in [5, 5.41) is 2.89. The number of hydrogen-bond acceptors (Lipinski definition) is 3. The fraction of sp³-hybridized carbons (Fsp3) is 0.400. The number of rotatable bonds is 5. The summed E-state index contributed by atoms with van der Waals surface area (Å²) in [4.78, 5) is 41.7. The lowest BCUT2D eigenvalue weighted by Gasteiger charge is -2.34. The second-order valence-corrected chi connectivity index (χ2v) is 8.81. The molecule has 6 heteroatoms. The zero-order valence-corrected chi connectivity index (χ0v) is 18.1. The molecule has 162 valence electrons. The van der Waals surface area contributed by atoms with Crippen molar-refractivity contribution in [2.45, 2.75) is 44.2 Å². The van der Waals surface area contributed by atoms with Crippen LogP contribution < -0.4 is 5.32 Å². The summed E-state index contributed by atoms with van der Waals surface area (Å²) in [6.45, 7) is 1.91. The fourth-order valence-electron chi connectivity index (χ4n) is 4.71. The van der Waals surface area contributed by atoms with Crippen LogP contribution in [-0.2, 0) is 9.59 Å². The van der Waals surface area contributed by atoms with Gasteiger partial charge < -0.3 is 10.2 Å². The Kier molecular flexibility index (Phi) is 5.81. The number of benzene rings is 2. The third-order valence-corrected chi connectivity index (χ3v) is 6.68. The molecule has 1 aliphatic heterocycles. The van der Waals surface area contributed by atoms with E-state index >= 15 is 0 Å². The molecule has 1 saturated heterocycles. The molecule has 0 atom stereocenters. The molecule has 6 nitrogen and oxygen atoms in total. The third-order valence-electron chi connectivity index (χ3n) is 6.68. The molecule has 0 bridgehead atoms. The van der Waals surface area contributed by atoms with Crippen molar-refractivity contribution in [3.05, 3.63) is 71.8 Å². The summed E-state index contributed by atoms with van der Waals surface area (Å²) < 4.78 is 0. The van der Waals surface area contributed by atoms with Crippen LogP contribution in [0, 0.1) is 5.92 Å². The van der Waals surface area contributed by atoms with Gasteiger partial charge >= 0.3 is 6.03 Å². The van der Waals surface area contributed by atoms with E-state index in [1.54, 1.807) is 11.9 Å². The molecule has 2 aromatic carbocycles. The highest BCUT2D eigenvalue weighted by Crippen LogP contribution is 2.36.